The van der Waals surface area contributed by atoms with Gasteiger partial charge in [-0.15, -0.1) is 0 Å². The molecule has 0 aromatic rings. The van der Waals surface area contributed by atoms with Gasteiger partial charge in [-0.1, -0.05) is 19.1 Å². The molecule has 0 saturated carbocycles. The Kier molecular flexibility index (Phi) is 3.13. The van der Waals surface area contributed by atoms with Crippen LogP contribution in [0.15, 0.2) is 35.6 Å². The van der Waals surface area contributed by atoms with Crippen molar-refractivity contribution in [1.29, 1.82) is 0 Å². The van der Waals surface area contributed by atoms with Crippen molar-refractivity contribution < 1.29 is 14.3 Å². The number of carbonyl (C=O) groups excluding carboxylic acids is 2. The lowest BCUT2D eigenvalue weighted by atomic mass is 9.99. The Labute approximate surface area is 100 Å². The molecule has 2 heterocycles. The zero-order valence-corrected chi connectivity index (χ0v) is 9.90. The number of ketones is 1. The Bertz CT molecular complexity index is 428. The summed E-state index contributed by atoms with van der Waals surface area (Å²) in [4.78, 5) is 23.1. The quantitative estimate of drug-likeness (QED) is 0.419. The lowest BCUT2D eigenvalue weighted by Gasteiger charge is -2.25. The van der Waals surface area contributed by atoms with Crippen molar-refractivity contribution in [3.05, 3.63) is 35.6 Å². The first-order valence-electron chi connectivity index (χ1n) is 5.67. The summed E-state index contributed by atoms with van der Waals surface area (Å²) in [5.41, 5.74) is 0.141. The molecule has 2 aliphatic heterocycles. The van der Waals surface area contributed by atoms with Crippen molar-refractivity contribution in [3.8, 4) is 0 Å². The number of amides is 1. The minimum absolute atomic E-state index is 0.0682. The van der Waals surface area contributed by atoms with Crippen molar-refractivity contribution in [2.24, 2.45) is 5.92 Å². The summed E-state index contributed by atoms with van der Waals surface area (Å²) in [6.07, 6.45) is 7.37. The average molecular weight is 233 g/mol. The fraction of sp³-hybridized carbons (Fsp3) is 0.385. The second-order valence-electron chi connectivity index (χ2n) is 4.17. The molecule has 1 saturated heterocycles. The Morgan fingerprint density at radius 1 is 1.47 bits per heavy atom. The number of Topliss-reactive ketones (excluding diaryl/α,β-unsaturated/α-hetero) is 1. The summed E-state index contributed by atoms with van der Waals surface area (Å²) in [7, 11) is 0. The summed E-state index contributed by atoms with van der Waals surface area (Å²) < 4.78 is 5.69. The molecule has 2 aliphatic rings. The highest BCUT2D eigenvalue weighted by molar-refractivity contribution is 6.25. The highest BCUT2D eigenvalue weighted by atomic mass is 16.5. The lowest BCUT2D eigenvalue weighted by molar-refractivity contribution is -0.117. The van der Waals surface area contributed by atoms with E-state index in [0.29, 0.717) is 5.76 Å². The third-order valence-electron chi connectivity index (χ3n) is 2.88. The maximum atomic E-state index is 11.6. The standard InChI is InChI=1S/C13H15NO3/c1-3-4-10-8(2)5-6-11(17-10)12-9(15)7-14-13(12)16/h3-6,8,10H,7H2,1-2H3,(H,14,16)/b4-3+,12-11+. The van der Waals surface area contributed by atoms with Crippen LogP contribution in [0.2, 0.25) is 0 Å². The van der Waals surface area contributed by atoms with E-state index in [1.807, 2.05) is 32.1 Å². The minimum atomic E-state index is -0.344. The molecule has 4 nitrogen and oxygen atoms in total. The minimum Gasteiger partial charge on any atom is -0.485 e. The van der Waals surface area contributed by atoms with E-state index in [2.05, 4.69) is 5.32 Å². The van der Waals surface area contributed by atoms with E-state index in [4.69, 9.17) is 4.74 Å². The molecular formula is C13H15NO3. The van der Waals surface area contributed by atoms with Crippen LogP contribution in [0.5, 0.6) is 0 Å². The molecule has 0 bridgehead atoms. The van der Waals surface area contributed by atoms with E-state index in [9.17, 15) is 9.59 Å². The van der Waals surface area contributed by atoms with Crippen molar-refractivity contribution in [2.75, 3.05) is 6.54 Å². The van der Waals surface area contributed by atoms with Gasteiger partial charge in [0.2, 0.25) is 0 Å². The van der Waals surface area contributed by atoms with Crippen LogP contribution >= 0.6 is 0 Å². The fourth-order valence-corrected chi connectivity index (χ4v) is 1.90. The van der Waals surface area contributed by atoms with Crippen LogP contribution in [0.3, 0.4) is 0 Å². The van der Waals surface area contributed by atoms with Gasteiger partial charge in [0.25, 0.3) is 5.91 Å². The first kappa shape index (κ1) is 11.6. The number of carbonyl (C=O) groups is 2. The third kappa shape index (κ3) is 2.16. The van der Waals surface area contributed by atoms with E-state index in [1.165, 1.54) is 0 Å². The average Bonchev–Trinajstić information content (AvgIpc) is 2.63. The summed E-state index contributed by atoms with van der Waals surface area (Å²) in [6.45, 7) is 4.01. The molecule has 0 spiro atoms. The second kappa shape index (κ2) is 4.57. The summed E-state index contributed by atoms with van der Waals surface area (Å²) in [6, 6.07) is 0. The summed E-state index contributed by atoms with van der Waals surface area (Å²) in [5.74, 6) is 0.0631. The molecule has 4 heteroatoms. The van der Waals surface area contributed by atoms with Gasteiger partial charge in [0.15, 0.2) is 5.78 Å². The predicted molar refractivity (Wildman–Crippen MR) is 63.0 cm³/mol. The molecule has 2 rings (SSSR count). The first-order chi connectivity index (χ1) is 8.13. The number of rotatable bonds is 1. The van der Waals surface area contributed by atoms with Crippen LogP contribution in [-0.4, -0.2) is 24.3 Å². The second-order valence-corrected chi connectivity index (χ2v) is 4.17. The Balaban J connectivity index is 2.35. The smallest absolute Gasteiger partial charge is 0.259 e. The van der Waals surface area contributed by atoms with E-state index in [0.717, 1.165) is 0 Å². The lowest BCUT2D eigenvalue weighted by Crippen LogP contribution is -2.23. The normalized spacial score (nSPS) is 33.1. The van der Waals surface area contributed by atoms with Gasteiger partial charge in [0.05, 0.1) is 6.54 Å². The summed E-state index contributed by atoms with van der Waals surface area (Å²) in [5, 5.41) is 2.50. The van der Waals surface area contributed by atoms with Crippen LogP contribution in [0.4, 0.5) is 0 Å². The van der Waals surface area contributed by atoms with Gasteiger partial charge in [0, 0.05) is 5.92 Å². The van der Waals surface area contributed by atoms with Gasteiger partial charge < -0.3 is 10.1 Å². The number of nitrogens with one attached hydrogen (secondary N) is 1. The van der Waals surface area contributed by atoms with Crippen LogP contribution in [-0.2, 0) is 14.3 Å². The molecule has 0 aromatic heterocycles. The van der Waals surface area contributed by atoms with Crippen LogP contribution < -0.4 is 5.32 Å². The van der Waals surface area contributed by atoms with Gasteiger partial charge >= 0.3 is 0 Å². The maximum absolute atomic E-state index is 11.6. The number of hydrogen-bond donors (Lipinski definition) is 1. The summed E-state index contributed by atoms with van der Waals surface area (Å²) >= 11 is 0. The van der Waals surface area contributed by atoms with E-state index in [1.54, 1.807) is 6.08 Å². The molecule has 1 fully saturated rings. The SMILES string of the molecule is C/C=C/C1O/C(=C2\C(=O)CNC2=O)C=CC1C. The maximum Gasteiger partial charge on any atom is 0.259 e. The number of hydrogen-bond acceptors (Lipinski definition) is 3. The molecule has 90 valence electrons. The Morgan fingerprint density at radius 2 is 2.24 bits per heavy atom. The number of ether oxygens (including phenoxy) is 1. The molecular weight excluding hydrogens is 218 g/mol. The third-order valence-corrected chi connectivity index (χ3v) is 2.88. The van der Waals surface area contributed by atoms with E-state index >= 15 is 0 Å². The molecule has 2 unspecified atom stereocenters. The Morgan fingerprint density at radius 3 is 2.82 bits per heavy atom. The predicted octanol–water partition coefficient (Wildman–Crippen LogP) is 1.11. The molecule has 0 aliphatic carbocycles. The van der Waals surface area contributed by atoms with Crippen molar-refractivity contribution in [1.82, 2.24) is 5.32 Å². The monoisotopic (exact) mass is 233 g/mol. The van der Waals surface area contributed by atoms with Crippen molar-refractivity contribution in [2.45, 2.75) is 20.0 Å². The van der Waals surface area contributed by atoms with Gasteiger partial charge in [-0.25, -0.2) is 0 Å². The highest BCUT2D eigenvalue weighted by Crippen LogP contribution is 2.25. The Hall–Kier alpha value is -1.84. The van der Waals surface area contributed by atoms with Crippen molar-refractivity contribution in [3.63, 3.8) is 0 Å². The largest absolute Gasteiger partial charge is 0.485 e. The fourth-order valence-electron chi connectivity index (χ4n) is 1.90. The van der Waals surface area contributed by atoms with Crippen molar-refractivity contribution >= 4 is 11.7 Å². The molecule has 0 radical (unpaired) electrons. The topological polar surface area (TPSA) is 55.4 Å². The molecule has 1 amide bonds. The van der Waals surface area contributed by atoms with Gasteiger partial charge in [-0.3, -0.25) is 9.59 Å². The van der Waals surface area contributed by atoms with E-state index < -0.39 is 0 Å². The molecule has 2 atom stereocenters. The number of allylic oxidation sites excluding steroid dienone is 2. The van der Waals surface area contributed by atoms with Crippen LogP contribution in [0, 0.1) is 5.92 Å². The van der Waals surface area contributed by atoms with Crippen LogP contribution in [0.25, 0.3) is 0 Å². The van der Waals surface area contributed by atoms with Gasteiger partial charge in [0.1, 0.15) is 17.4 Å². The molecule has 17 heavy (non-hydrogen) atoms. The van der Waals surface area contributed by atoms with Gasteiger partial charge in [-0.05, 0) is 19.1 Å². The van der Waals surface area contributed by atoms with Gasteiger partial charge in [-0.2, -0.15) is 0 Å². The highest BCUT2D eigenvalue weighted by Gasteiger charge is 2.32. The zero-order valence-electron chi connectivity index (χ0n) is 9.90. The first-order valence-corrected chi connectivity index (χ1v) is 5.67. The zero-order chi connectivity index (χ0) is 12.4. The van der Waals surface area contributed by atoms with Crippen LogP contribution in [0.1, 0.15) is 13.8 Å². The van der Waals surface area contributed by atoms with E-state index in [-0.39, 0.29) is 35.8 Å². The molecule has 0 aromatic carbocycles. The molecule has 1 N–H and O–H groups in total.